The Kier molecular flexibility index (Phi) is 5.02. The topological polar surface area (TPSA) is 55.4 Å². The van der Waals surface area contributed by atoms with Gasteiger partial charge in [0.2, 0.25) is 0 Å². The van der Waals surface area contributed by atoms with Crippen LogP contribution in [0, 0.1) is 5.92 Å². The summed E-state index contributed by atoms with van der Waals surface area (Å²) in [5, 5.41) is 2.95. The molecular formula is C10H21NO3S. The molecule has 1 aliphatic rings. The number of rotatable bonds is 6. The van der Waals surface area contributed by atoms with Gasteiger partial charge in [0.1, 0.15) is 0 Å². The molecule has 1 atom stereocenters. The first-order valence-corrected chi connectivity index (χ1v) is 7.24. The number of ether oxygens (including phenoxy) is 1. The van der Waals surface area contributed by atoms with Gasteiger partial charge in [-0.15, -0.1) is 0 Å². The fourth-order valence-electron chi connectivity index (χ4n) is 1.52. The van der Waals surface area contributed by atoms with Crippen molar-refractivity contribution in [2.75, 3.05) is 32.1 Å². The molecule has 4 nitrogen and oxygen atoms in total. The van der Waals surface area contributed by atoms with Gasteiger partial charge in [-0.1, -0.05) is 0 Å². The Balaban J connectivity index is 2.11. The van der Waals surface area contributed by atoms with Gasteiger partial charge in [-0.25, -0.2) is 8.42 Å². The number of hydrogen-bond donors (Lipinski definition) is 1. The molecule has 0 aromatic rings. The van der Waals surface area contributed by atoms with Crippen LogP contribution < -0.4 is 5.32 Å². The predicted octanol–water partition coefficient (Wildman–Crippen LogP) is 0.436. The van der Waals surface area contributed by atoms with Gasteiger partial charge in [0.05, 0.1) is 24.2 Å². The molecule has 1 N–H and O–H groups in total. The Labute approximate surface area is 92.3 Å². The molecule has 0 aliphatic carbocycles. The van der Waals surface area contributed by atoms with Gasteiger partial charge in [-0.3, -0.25) is 0 Å². The highest BCUT2D eigenvalue weighted by Crippen LogP contribution is 2.08. The van der Waals surface area contributed by atoms with E-state index in [0.29, 0.717) is 19.1 Å². The SMILES string of the molecule is CC(C)S(=O)(=O)CCOCC1CCNC1. The molecule has 0 aromatic carbocycles. The van der Waals surface area contributed by atoms with E-state index in [4.69, 9.17) is 4.74 Å². The summed E-state index contributed by atoms with van der Waals surface area (Å²) in [6.07, 6.45) is 1.14. The smallest absolute Gasteiger partial charge is 0.154 e. The van der Waals surface area contributed by atoms with E-state index in [1.807, 2.05) is 0 Å². The zero-order chi connectivity index (χ0) is 11.3. The van der Waals surface area contributed by atoms with Gasteiger partial charge in [0, 0.05) is 6.54 Å². The molecule has 1 rings (SSSR count). The maximum Gasteiger partial charge on any atom is 0.154 e. The van der Waals surface area contributed by atoms with Crippen molar-refractivity contribution in [2.24, 2.45) is 5.92 Å². The van der Waals surface area contributed by atoms with Crippen LogP contribution in [0.1, 0.15) is 20.3 Å². The van der Waals surface area contributed by atoms with E-state index in [0.717, 1.165) is 19.5 Å². The minimum Gasteiger partial charge on any atom is -0.380 e. The van der Waals surface area contributed by atoms with E-state index < -0.39 is 9.84 Å². The molecule has 1 heterocycles. The zero-order valence-electron chi connectivity index (χ0n) is 9.53. The molecule has 0 saturated carbocycles. The molecule has 0 aromatic heterocycles. The Morgan fingerprint density at radius 3 is 2.73 bits per heavy atom. The molecule has 0 bridgehead atoms. The first kappa shape index (κ1) is 12.9. The fraction of sp³-hybridized carbons (Fsp3) is 1.00. The fourth-order valence-corrected chi connectivity index (χ4v) is 2.34. The Hall–Kier alpha value is -0.130. The zero-order valence-corrected chi connectivity index (χ0v) is 10.3. The average molecular weight is 235 g/mol. The molecule has 5 heteroatoms. The van der Waals surface area contributed by atoms with E-state index in [-0.39, 0.29) is 11.0 Å². The Morgan fingerprint density at radius 2 is 2.20 bits per heavy atom. The second kappa shape index (κ2) is 5.82. The maximum atomic E-state index is 11.4. The lowest BCUT2D eigenvalue weighted by Gasteiger charge is -2.10. The van der Waals surface area contributed by atoms with Gasteiger partial charge in [0.15, 0.2) is 9.84 Å². The van der Waals surface area contributed by atoms with Gasteiger partial charge in [0.25, 0.3) is 0 Å². The van der Waals surface area contributed by atoms with Crippen molar-refractivity contribution in [3.63, 3.8) is 0 Å². The van der Waals surface area contributed by atoms with E-state index in [9.17, 15) is 8.42 Å². The third-order valence-corrected chi connectivity index (χ3v) is 4.92. The lowest BCUT2D eigenvalue weighted by Crippen LogP contribution is -2.22. The monoisotopic (exact) mass is 235 g/mol. The Bertz CT molecular complexity index is 268. The summed E-state index contributed by atoms with van der Waals surface area (Å²) in [6, 6.07) is 0. The highest BCUT2D eigenvalue weighted by atomic mass is 32.2. The molecule has 1 aliphatic heterocycles. The summed E-state index contributed by atoms with van der Waals surface area (Å²) in [4.78, 5) is 0. The Morgan fingerprint density at radius 1 is 1.47 bits per heavy atom. The summed E-state index contributed by atoms with van der Waals surface area (Å²) in [7, 11) is -2.93. The van der Waals surface area contributed by atoms with E-state index >= 15 is 0 Å². The molecule has 0 radical (unpaired) electrons. The van der Waals surface area contributed by atoms with Crippen molar-refractivity contribution in [3.05, 3.63) is 0 Å². The van der Waals surface area contributed by atoms with Crippen LogP contribution in [-0.2, 0) is 14.6 Å². The molecule has 15 heavy (non-hydrogen) atoms. The number of nitrogens with one attached hydrogen (secondary N) is 1. The van der Waals surface area contributed by atoms with E-state index in [1.54, 1.807) is 13.8 Å². The van der Waals surface area contributed by atoms with Crippen LogP contribution in [0.25, 0.3) is 0 Å². The lowest BCUT2D eigenvalue weighted by atomic mass is 10.1. The van der Waals surface area contributed by atoms with Gasteiger partial charge in [-0.05, 0) is 32.7 Å². The van der Waals surface area contributed by atoms with Crippen LogP contribution in [0.2, 0.25) is 0 Å². The van der Waals surface area contributed by atoms with Crippen LogP contribution in [0.15, 0.2) is 0 Å². The largest absolute Gasteiger partial charge is 0.380 e. The second-order valence-corrected chi connectivity index (χ2v) is 7.03. The molecule has 1 unspecified atom stereocenters. The number of sulfone groups is 1. The third kappa shape index (κ3) is 4.49. The minimum atomic E-state index is -2.93. The van der Waals surface area contributed by atoms with Gasteiger partial charge in [-0.2, -0.15) is 0 Å². The molecule has 0 spiro atoms. The van der Waals surface area contributed by atoms with Crippen LogP contribution >= 0.6 is 0 Å². The lowest BCUT2D eigenvalue weighted by molar-refractivity contribution is 0.118. The normalized spacial score (nSPS) is 22.5. The van der Waals surface area contributed by atoms with Crippen molar-refractivity contribution in [2.45, 2.75) is 25.5 Å². The number of hydrogen-bond acceptors (Lipinski definition) is 4. The van der Waals surface area contributed by atoms with E-state index in [2.05, 4.69) is 5.32 Å². The summed E-state index contributed by atoms with van der Waals surface area (Å²) in [6.45, 7) is 6.47. The third-order valence-electron chi connectivity index (χ3n) is 2.75. The average Bonchev–Trinajstić information content (AvgIpc) is 2.64. The van der Waals surface area contributed by atoms with Crippen LogP contribution in [0.4, 0.5) is 0 Å². The predicted molar refractivity (Wildman–Crippen MR) is 60.7 cm³/mol. The summed E-state index contributed by atoms with van der Waals surface area (Å²) in [5.74, 6) is 0.705. The minimum absolute atomic E-state index is 0.144. The summed E-state index contributed by atoms with van der Waals surface area (Å²) in [5.41, 5.74) is 0. The maximum absolute atomic E-state index is 11.4. The molecular weight excluding hydrogens is 214 g/mol. The van der Waals surface area contributed by atoms with Crippen LogP contribution in [0.5, 0.6) is 0 Å². The van der Waals surface area contributed by atoms with Crippen LogP contribution in [-0.4, -0.2) is 45.7 Å². The van der Waals surface area contributed by atoms with Crippen molar-refractivity contribution in [1.82, 2.24) is 5.32 Å². The first-order valence-electron chi connectivity index (χ1n) is 5.52. The quantitative estimate of drug-likeness (QED) is 0.679. The van der Waals surface area contributed by atoms with Crippen molar-refractivity contribution >= 4 is 9.84 Å². The molecule has 1 fully saturated rings. The van der Waals surface area contributed by atoms with Gasteiger partial charge < -0.3 is 10.1 Å². The first-order chi connectivity index (χ1) is 7.02. The highest BCUT2D eigenvalue weighted by molar-refractivity contribution is 7.91. The van der Waals surface area contributed by atoms with Crippen molar-refractivity contribution < 1.29 is 13.2 Å². The summed E-state index contributed by atoms with van der Waals surface area (Å²) >= 11 is 0. The molecule has 1 saturated heterocycles. The standard InChI is InChI=1S/C10H21NO3S/c1-9(2)15(12,13)6-5-14-8-10-3-4-11-7-10/h9-11H,3-8H2,1-2H3. The van der Waals surface area contributed by atoms with Crippen molar-refractivity contribution in [1.29, 1.82) is 0 Å². The molecule has 90 valence electrons. The van der Waals surface area contributed by atoms with Crippen molar-refractivity contribution in [3.8, 4) is 0 Å². The van der Waals surface area contributed by atoms with E-state index in [1.165, 1.54) is 0 Å². The van der Waals surface area contributed by atoms with Crippen LogP contribution in [0.3, 0.4) is 0 Å². The summed E-state index contributed by atoms with van der Waals surface area (Å²) < 4.78 is 28.3. The van der Waals surface area contributed by atoms with Gasteiger partial charge >= 0.3 is 0 Å². The highest BCUT2D eigenvalue weighted by Gasteiger charge is 2.17. The second-order valence-electron chi connectivity index (χ2n) is 4.35. The molecule has 0 amide bonds.